The summed E-state index contributed by atoms with van der Waals surface area (Å²) in [5.41, 5.74) is 2.05. The Morgan fingerprint density at radius 3 is 2.42 bits per heavy atom. The fourth-order valence-electron chi connectivity index (χ4n) is 1.53. The van der Waals surface area contributed by atoms with Crippen molar-refractivity contribution >= 4 is 17.3 Å². The van der Waals surface area contributed by atoms with Crippen LogP contribution < -0.4 is 4.74 Å². The van der Waals surface area contributed by atoms with Gasteiger partial charge in [0, 0.05) is 10.4 Å². The molecule has 0 aliphatic rings. The van der Waals surface area contributed by atoms with Crippen LogP contribution in [0.5, 0.6) is 5.75 Å². The van der Waals surface area contributed by atoms with Gasteiger partial charge in [-0.3, -0.25) is 0 Å². The van der Waals surface area contributed by atoms with Gasteiger partial charge in [0.1, 0.15) is 10.8 Å². The van der Waals surface area contributed by atoms with Crippen molar-refractivity contribution in [2.75, 3.05) is 0 Å². The van der Waals surface area contributed by atoms with Crippen molar-refractivity contribution in [1.82, 2.24) is 4.98 Å². The number of thiazole rings is 1. The van der Waals surface area contributed by atoms with E-state index in [-0.39, 0.29) is 0 Å². The van der Waals surface area contributed by atoms with Crippen molar-refractivity contribution in [3.63, 3.8) is 0 Å². The number of aryl methyl sites for hydroxylation is 2. The van der Waals surface area contributed by atoms with Crippen LogP contribution in [0.4, 0.5) is 0 Å². The summed E-state index contributed by atoms with van der Waals surface area (Å²) in [6, 6.07) is 7.31. The van der Waals surface area contributed by atoms with Gasteiger partial charge >= 0.3 is 5.97 Å². The Labute approximate surface area is 115 Å². The molecule has 19 heavy (non-hydrogen) atoms. The first-order chi connectivity index (χ1) is 8.97. The quantitative estimate of drug-likeness (QED) is 0.931. The minimum absolute atomic E-state index is 0.545. The lowest BCUT2D eigenvalue weighted by Gasteiger charge is -2.10. The van der Waals surface area contributed by atoms with Crippen molar-refractivity contribution in [2.45, 2.75) is 26.9 Å². The maximum atomic E-state index is 10.7. The number of aliphatic carboxylic acids is 1. The van der Waals surface area contributed by atoms with Crippen LogP contribution in [0.3, 0.4) is 0 Å². The number of carbonyl (C=O) groups is 1. The van der Waals surface area contributed by atoms with Crippen LogP contribution in [-0.4, -0.2) is 22.2 Å². The van der Waals surface area contributed by atoms with Crippen molar-refractivity contribution in [1.29, 1.82) is 0 Å². The van der Waals surface area contributed by atoms with E-state index in [1.165, 1.54) is 11.8 Å². The average Bonchev–Trinajstić information content (AvgIpc) is 2.70. The Morgan fingerprint density at radius 2 is 1.95 bits per heavy atom. The van der Waals surface area contributed by atoms with Gasteiger partial charge in [0.05, 0.1) is 5.69 Å². The van der Waals surface area contributed by atoms with Crippen LogP contribution >= 0.6 is 11.3 Å². The Balaban J connectivity index is 2.16. The number of benzene rings is 1. The van der Waals surface area contributed by atoms with Crippen LogP contribution in [0.1, 0.15) is 17.5 Å². The Hall–Kier alpha value is -1.88. The predicted molar refractivity (Wildman–Crippen MR) is 74.7 cm³/mol. The monoisotopic (exact) mass is 277 g/mol. The first-order valence-electron chi connectivity index (χ1n) is 5.91. The van der Waals surface area contributed by atoms with Crippen LogP contribution in [0.2, 0.25) is 0 Å². The molecule has 100 valence electrons. The molecule has 0 amide bonds. The molecule has 4 nitrogen and oxygen atoms in total. The maximum absolute atomic E-state index is 10.7. The topological polar surface area (TPSA) is 59.4 Å². The summed E-state index contributed by atoms with van der Waals surface area (Å²) < 4.78 is 5.28. The highest BCUT2D eigenvalue weighted by atomic mass is 32.1. The van der Waals surface area contributed by atoms with Crippen molar-refractivity contribution in [3.05, 3.63) is 34.8 Å². The highest BCUT2D eigenvalue weighted by molar-refractivity contribution is 7.15. The second-order valence-electron chi connectivity index (χ2n) is 4.28. The minimum atomic E-state index is -0.977. The molecule has 2 rings (SSSR count). The van der Waals surface area contributed by atoms with E-state index >= 15 is 0 Å². The molecule has 0 aliphatic heterocycles. The van der Waals surface area contributed by atoms with E-state index in [4.69, 9.17) is 9.84 Å². The molecule has 0 aliphatic carbocycles. The first kappa shape index (κ1) is 13.5. The standard InChI is InChI=1S/C14H15NO3S/c1-8-10(3)19-13(15-8)11-4-6-12(7-5-11)18-9(2)14(16)17/h4-7,9H,1-3H3,(H,16,17). The van der Waals surface area contributed by atoms with Crippen LogP contribution in [-0.2, 0) is 4.79 Å². The zero-order chi connectivity index (χ0) is 14.0. The number of hydrogen-bond donors (Lipinski definition) is 1. The molecule has 0 saturated heterocycles. The predicted octanol–water partition coefficient (Wildman–Crippen LogP) is 3.28. The van der Waals surface area contributed by atoms with E-state index in [0.717, 1.165) is 16.3 Å². The Kier molecular flexibility index (Phi) is 3.85. The second-order valence-corrected chi connectivity index (χ2v) is 5.49. The number of aromatic nitrogens is 1. The number of ether oxygens (including phenoxy) is 1. The average molecular weight is 277 g/mol. The van der Waals surface area contributed by atoms with Gasteiger partial charge in [-0.2, -0.15) is 0 Å². The molecule has 2 aromatic rings. The van der Waals surface area contributed by atoms with Gasteiger partial charge in [0.2, 0.25) is 0 Å². The van der Waals surface area contributed by atoms with Gasteiger partial charge in [-0.15, -0.1) is 11.3 Å². The summed E-state index contributed by atoms with van der Waals surface area (Å²) in [6.45, 7) is 5.54. The van der Waals surface area contributed by atoms with Crippen molar-refractivity contribution in [3.8, 4) is 16.3 Å². The molecular formula is C14H15NO3S. The van der Waals surface area contributed by atoms with E-state index in [9.17, 15) is 4.79 Å². The van der Waals surface area contributed by atoms with Gasteiger partial charge in [-0.1, -0.05) is 0 Å². The van der Waals surface area contributed by atoms with Gasteiger partial charge in [-0.25, -0.2) is 9.78 Å². The molecule has 1 N–H and O–H groups in total. The van der Waals surface area contributed by atoms with Gasteiger partial charge < -0.3 is 9.84 Å². The molecule has 1 unspecified atom stereocenters. The highest BCUT2D eigenvalue weighted by Gasteiger charge is 2.12. The van der Waals surface area contributed by atoms with E-state index < -0.39 is 12.1 Å². The zero-order valence-corrected chi connectivity index (χ0v) is 11.8. The lowest BCUT2D eigenvalue weighted by Crippen LogP contribution is -2.22. The third-order valence-corrected chi connectivity index (χ3v) is 3.91. The summed E-state index contributed by atoms with van der Waals surface area (Å²) >= 11 is 1.65. The van der Waals surface area contributed by atoms with E-state index in [2.05, 4.69) is 4.98 Å². The van der Waals surface area contributed by atoms with E-state index in [0.29, 0.717) is 5.75 Å². The van der Waals surface area contributed by atoms with Crippen molar-refractivity contribution in [2.24, 2.45) is 0 Å². The van der Waals surface area contributed by atoms with E-state index in [1.54, 1.807) is 23.5 Å². The number of rotatable bonds is 4. The number of nitrogens with zero attached hydrogens (tertiary/aromatic N) is 1. The number of carboxylic acid groups (broad SMARTS) is 1. The lowest BCUT2D eigenvalue weighted by molar-refractivity contribution is -0.144. The normalized spacial score (nSPS) is 12.2. The summed E-state index contributed by atoms with van der Waals surface area (Å²) in [5.74, 6) is -0.432. The molecule has 0 saturated carbocycles. The molecule has 0 spiro atoms. The number of carboxylic acids is 1. The smallest absolute Gasteiger partial charge is 0.344 e. The summed E-state index contributed by atoms with van der Waals surface area (Å²) in [6.07, 6.45) is -0.852. The third kappa shape index (κ3) is 3.12. The Morgan fingerprint density at radius 1 is 1.32 bits per heavy atom. The molecule has 0 radical (unpaired) electrons. The third-order valence-electron chi connectivity index (χ3n) is 2.79. The molecule has 0 bridgehead atoms. The SMILES string of the molecule is Cc1nc(-c2ccc(OC(C)C(=O)O)cc2)sc1C. The van der Waals surface area contributed by atoms with Crippen molar-refractivity contribution < 1.29 is 14.6 Å². The largest absolute Gasteiger partial charge is 0.479 e. The van der Waals surface area contributed by atoms with E-state index in [1.807, 2.05) is 26.0 Å². The summed E-state index contributed by atoms with van der Waals surface area (Å²) in [7, 11) is 0. The molecule has 1 aromatic heterocycles. The second kappa shape index (κ2) is 5.40. The molecular weight excluding hydrogens is 262 g/mol. The van der Waals surface area contributed by atoms with Crippen LogP contribution in [0.25, 0.3) is 10.6 Å². The number of hydrogen-bond acceptors (Lipinski definition) is 4. The molecule has 0 fully saturated rings. The Bertz CT molecular complexity index is 570. The maximum Gasteiger partial charge on any atom is 0.344 e. The van der Waals surface area contributed by atoms with Gasteiger partial charge in [-0.05, 0) is 45.0 Å². The fraction of sp³-hybridized carbons (Fsp3) is 0.286. The summed E-state index contributed by atoms with van der Waals surface area (Å²) in [5, 5.41) is 9.74. The molecule has 1 aromatic carbocycles. The fourth-order valence-corrected chi connectivity index (χ4v) is 2.45. The molecule has 5 heteroatoms. The molecule has 1 heterocycles. The van der Waals surface area contributed by atoms with Crippen LogP contribution in [0.15, 0.2) is 24.3 Å². The lowest BCUT2D eigenvalue weighted by atomic mass is 10.2. The van der Waals surface area contributed by atoms with Crippen LogP contribution in [0, 0.1) is 13.8 Å². The molecule has 1 atom stereocenters. The highest BCUT2D eigenvalue weighted by Crippen LogP contribution is 2.28. The summed E-state index contributed by atoms with van der Waals surface area (Å²) in [4.78, 5) is 16.4. The van der Waals surface area contributed by atoms with Gasteiger partial charge in [0.25, 0.3) is 0 Å². The van der Waals surface area contributed by atoms with Gasteiger partial charge in [0.15, 0.2) is 6.10 Å². The minimum Gasteiger partial charge on any atom is -0.479 e. The first-order valence-corrected chi connectivity index (χ1v) is 6.73. The zero-order valence-electron chi connectivity index (χ0n) is 11.0.